The van der Waals surface area contributed by atoms with Crippen molar-refractivity contribution in [3.05, 3.63) is 45.8 Å². The van der Waals surface area contributed by atoms with Gasteiger partial charge in [-0.3, -0.25) is 9.59 Å². The molecule has 0 saturated carbocycles. The molecule has 0 spiro atoms. The van der Waals surface area contributed by atoms with Crippen LogP contribution in [0.5, 0.6) is 5.75 Å². The first-order chi connectivity index (χ1) is 14.0. The van der Waals surface area contributed by atoms with Crippen molar-refractivity contribution in [1.82, 2.24) is 5.32 Å². The number of rotatable bonds is 7. The van der Waals surface area contributed by atoms with Gasteiger partial charge in [0.05, 0.1) is 25.8 Å². The molecule has 29 heavy (non-hydrogen) atoms. The Hall–Kier alpha value is -2.87. The summed E-state index contributed by atoms with van der Waals surface area (Å²) in [6.45, 7) is 1.83. The molecule has 1 aliphatic carbocycles. The largest absolute Gasteiger partial charge is 0.497 e. The third-order valence-electron chi connectivity index (χ3n) is 4.67. The van der Waals surface area contributed by atoms with Crippen molar-refractivity contribution in [3.63, 3.8) is 0 Å². The van der Waals surface area contributed by atoms with E-state index >= 15 is 0 Å². The van der Waals surface area contributed by atoms with Crippen LogP contribution in [0.1, 0.15) is 50.9 Å². The van der Waals surface area contributed by atoms with Gasteiger partial charge in [0.15, 0.2) is 0 Å². The molecule has 2 amide bonds. The van der Waals surface area contributed by atoms with Crippen LogP contribution in [-0.2, 0) is 22.4 Å². The highest BCUT2D eigenvalue weighted by atomic mass is 32.1. The highest BCUT2D eigenvalue weighted by Crippen LogP contribution is 2.38. The molecule has 0 aliphatic heterocycles. The van der Waals surface area contributed by atoms with Crippen molar-refractivity contribution < 1.29 is 23.9 Å². The van der Waals surface area contributed by atoms with E-state index in [1.165, 1.54) is 11.3 Å². The molecule has 3 rings (SSSR count). The number of ether oxygens (including phenoxy) is 2. The number of hydrogen-bond donors (Lipinski definition) is 2. The maximum Gasteiger partial charge on any atom is 0.341 e. The molecule has 0 saturated heterocycles. The minimum atomic E-state index is -0.413. The van der Waals surface area contributed by atoms with Gasteiger partial charge in [0.1, 0.15) is 10.8 Å². The maximum atomic E-state index is 12.4. The summed E-state index contributed by atoms with van der Waals surface area (Å²) in [5, 5.41) is 5.86. The van der Waals surface area contributed by atoms with Gasteiger partial charge in [-0.2, -0.15) is 0 Å². The summed E-state index contributed by atoms with van der Waals surface area (Å²) in [7, 11) is 1.55. The second kappa shape index (κ2) is 9.56. The van der Waals surface area contributed by atoms with E-state index in [0.29, 0.717) is 21.9 Å². The van der Waals surface area contributed by atoms with E-state index in [0.717, 1.165) is 36.1 Å². The van der Waals surface area contributed by atoms with Crippen LogP contribution in [0.2, 0.25) is 0 Å². The van der Waals surface area contributed by atoms with Crippen LogP contribution >= 0.6 is 11.3 Å². The van der Waals surface area contributed by atoms with E-state index in [2.05, 4.69) is 10.6 Å². The molecule has 1 aromatic heterocycles. The van der Waals surface area contributed by atoms with Gasteiger partial charge in [0.2, 0.25) is 5.91 Å². The molecule has 1 aliphatic rings. The number of carbonyl (C=O) groups is 3. The number of amides is 2. The smallest absolute Gasteiger partial charge is 0.341 e. The summed E-state index contributed by atoms with van der Waals surface area (Å²) in [5.74, 6) is -0.521. The molecule has 0 unspecified atom stereocenters. The number of hydrogen-bond acceptors (Lipinski definition) is 6. The summed E-state index contributed by atoms with van der Waals surface area (Å²) in [6.07, 6.45) is 3.79. The molecule has 2 N–H and O–H groups in total. The topological polar surface area (TPSA) is 93.7 Å². The summed E-state index contributed by atoms with van der Waals surface area (Å²) < 4.78 is 10.2. The standard InChI is InChI=1S/C21H24N2O5S/c1-3-28-21(26)18-15-6-4-5-7-16(15)29-20(18)23-17(24)12-22-19(25)13-8-10-14(27-2)11-9-13/h8-11H,3-7,12H2,1-2H3,(H,22,25)(H,23,24). The van der Waals surface area contributed by atoms with Crippen LogP contribution in [0.4, 0.5) is 5.00 Å². The van der Waals surface area contributed by atoms with Gasteiger partial charge in [-0.05, 0) is 62.4 Å². The fraction of sp³-hybridized carbons (Fsp3) is 0.381. The van der Waals surface area contributed by atoms with Crippen molar-refractivity contribution in [1.29, 1.82) is 0 Å². The second-order valence-corrected chi connectivity index (χ2v) is 7.70. The molecule has 1 aromatic carbocycles. The lowest BCUT2D eigenvalue weighted by Crippen LogP contribution is -2.33. The highest BCUT2D eigenvalue weighted by Gasteiger charge is 2.27. The summed E-state index contributed by atoms with van der Waals surface area (Å²) >= 11 is 1.42. The van der Waals surface area contributed by atoms with Crippen LogP contribution in [0.15, 0.2) is 24.3 Å². The molecule has 0 bridgehead atoms. The average molecular weight is 416 g/mol. The van der Waals surface area contributed by atoms with E-state index in [1.54, 1.807) is 38.3 Å². The highest BCUT2D eigenvalue weighted by molar-refractivity contribution is 7.17. The van der Waals surface area contributed by atoms with Gasteiger partial charge in [0.25, 0.3) is 5.91 Å². The lowest BCUT2D eigenvalue weighted by molar-refractivity contribution is -0.115. The van der Waals surface area contributed by atoms with Gasteiger partial charge >= 0.3 is 5.97 Å². The zero-order valence-corrected chi connectivity index (χ0v) is 17.3. The second-order valence-electron chi connectivity index (χ2n) is 6.59. The molecule has 0 atom stereocenters. The van der Waals surface area contributed by atoms with Crippen molar-refractivity contribution in [3.8, 4) is 5.75 Å². The van der Waals surface area contributed by atoms with E-state index in [4.69, 9.17) is 9.47 Å². The SMILES string of the molecule is CCOC(=O)c1c(NC(=O)CNC(=O)c2ccc(OC)cc2)sc2c1CCCC2. The Bertz CT molecular complexity index is 905. The first kappa shape index (κ1) is 20.9. The minimum absolute atomic E-state index is 0.199. The fourth-order valence-electron chi connectivity index (χ4n) is 3.25. The van der Waals surface area contributed by atoms with E-state index in [-0.39, 0.29) is 19.1 Å². The number of aryl methyl sites for hydroxylation is 1. The zero-order valence-electron chi connectivity index (χ0n) is 16.5. The molecule has 154 valence electrons. The van der Waals surface area contributed by atoms with Crippen LogP contribution in [0.25, 0.3) is 0 Å². The monoisotopic (exact) mass is 416 g/mol. The average Bonchev–Trinajstić information content (AvgIpc) is 3.10. The Morgan fingerprint density at radius 1 is 1.10 bits per heavy atom. The number of carbonyl (C=O) groups excluding carboxylic acids is 3. The molecule has 2 aromatic rings. The zero-order chi connectivity index (χ0) is 20.8. The predicted molar refractivity (Wildman–Crippen MR) is 111 cm³/mol. The molecule has 7 nitrogen and oxygen atoms in total. The van der Waals surface area contributed by atoms with Crippen LogP contribution in [0, 0.1) is 0 Å². The number of anilines is 1. The lowest BCUT2D eigenvalue weighted by atomic mass is 9.95. The van der Waals surface area contributed by atoms with Crippen molar-refractivity contribution in [2.75, 3.05) is 25.6 Å². The number of methoxy groups -OCH3 is 1. The minimum Gasteiger partial charge on any atom is -0.497 e. The van der Waals surface area contributed by atoms with Gasteiger partial charge in [-0.25, -0.2) is 4.79 Å². The Labute approximate surface area is 173 Å². The first-order valence-electron chi connectivity index (χ1n) is 9.57. The van der Waals surface area contributed by atoms with E-state index in [1.807, 2.05) is 0 Å². The Kier molecular flexibility index (Phi) is 6.87. The normalized spacial score (nSPS) is 12.6. The summed E-state index contributed by atoms with van der Waals surface area (Å²) in [6, 6.07) is 6.60. The maximum absolute atomic E-state index is 12.4. The summed E-state index contributed by atoms with van der Waals surface area (Å²) in [5.41, 5.74) is 1.87. The Morgan fingerprint density at radius 2 is 1.83 bits per heavy atom. The fourth-order valence-corrected chi connectivity index (χ4v) is 4.54. The lowest BCUT2D eigenvalue weighted by Gasteiger charge is -2.12. The predicted octanol–water partition coefficient (Wildman–Crippen LogP) is 3.18. The summed E-state index contributed by atoms with van der Waals surface area (Å²) in [4.78, 5) is 38.2. The Morgan fingerprint density at radius 3 is 2.52 bits per heavy atom. The third kappa shape index (κ3) is 4.95. The van der Waals surface area contributed by atoms with Crippen molar-refractivity contribution in [2.45, 2.75) is 32.6 Å². The van der Waals surface area contributed by atoms with Crippen LogP contribution < -0.4 is 15.4 Å². The number of nitrogens with one attached hydrogen (secondary N) is 2. The third-order valence-corrected chi connectivity index (χ3v) is 5.87. The number of benzene rings is 1. The van der Waals surface area contributed by atoms with E-state index in [9.17, 15) is 14.4 Å². The molecular formula is C21H24N2O5S. The van der Waals surface area contributed by atoms with Crippen LogP contribution in [-0.4, -0.2) is 38.0 Å². The number of thiophene rings is 1. The molecule has 1 heterocycles. The van der Waals surface area contributed by atoms with Gasteiger partial charge in [-0.15, -0.1) is 11.3 Å². The van der Waals surface area contributed by atoms with Crippen molar-refractivity contribution in [2.24, 2.45) is 0 Å². The number of fused-ring (bicyclic) bond motifs is 1. The quantitative estimate of drug-likeness (QED) is 0.676. The molecular weight excluding hydrogens is 392 g/mol. The van der Waals surface area contributed by atoms with Crippen molar-refractivity contribution >= 4 is 34.1 Å². The number of esters is 1. The molecule has 8 heteroatoms. The van der Waals surface area contributed by atoms with Crippen LogP contribution in [0.3, 0.4) is 0 Å². The molecule has 0 radical (unpaired) electrons. The molecule has 0 fully saturated rings. The van der Waals surface area contributed by atoms with E-state index < -0.39 is 11.9 Å². The van der Waals surface area contributed by atoms with Gasteiger partial charge < -0.3 is 20.1 Å². The first-order valence-corrected chi connectivity index (χ1v) is 10.4. The van der Waals surface area contributed by atoms with Gasteiger partial charge in [-0.1, -0.05) is 0 Å². The van der Waals surface area contributed by atoms with Gasteiger partial charge in [0, 0.05) is 10.4 Å². The Balaban J connectivity index is 1.66.